The predicted octanol–water partition coefficient (Wildman–Crippen LogP) is 1.67. The summed E-state index contributed by atoms with van der Waals surface area (Å²) in [5.41, 5.74) is 2.70. The topological polar surface area (TPSA) is 96.4 Å². The maximum absolute atomic E-state index is 12.7. The van der Waals surface area contributed by atoms with Crippen molar-refractivity contribution in [1.82, 2.24) is 24.7 Å². The van der Waals surface area contributed by atoms with Gasteiger partial charge in [-0.1, -0.05) is 13.3 Å². The Morgan fingerprint density at radius 1 is 1.13 bits per heavy atom. The second-order valence-electron chi connectivity index (χ2n) is 5.76. The van der Waals surface area contributed by atoms with Crippen molar-refractivity contribution in [3.05, 3.63) is 49.3 Å². The molecule has 7 heteroatoms. The molecule has 0 aliphatic carbocycles. The number of hydrogen-bond donors (Lipinski definition) is 2. The molecule has 0 radical (unpaired) electrons. The Morgan fingerprint density at radius 2 is 1.78 bits per heavy atom. The minimum atomic E-state index is -0.427. The lowest BCUT2D eigenvalue weighted by Gasteiger charge is -2.03. The third kappa shape index (κ3) is 2.48. The summed E-state index contributed by atoms with van der Waals surface area (Å²) in [6.45, 7) is 7.51. The van der Waals surface area contributed by atoms with Crippen LogP contribution in [0.5, 0.6) is 0 Å². The van der Waals surface area contributed by atoms with Gasteiger partial charge in [-0.3, -0.25) is 14.7 Å². The van der Waals surface area contributed by atoms with Gasteiger partial charge in [0.05, 0.1) is 0 Å². The fourth-order valence-corrected chi connectivity index (χ4v) is 2.82. The van der Waals surface area contributed by atoms with Crippen molar-refractivity contribution in [3.63, 3.8) is 0 Å². The highest BCUT2D eigenvalue weighted by molar-refractivity contribution is 5.75. The van der Waals surface area contributed by atoms with E-state index in [0.29, 0.717) is 17.6 Å². The zero-order chi connectivity index (χ0) is 16.7. The second kappa shape index (κ2) is 5.49. The standard InChI is InChI=1S/C16H19N5O2/c1-5-6-11-10(4)19-14-12(13(11)22)15(23)21(20-14)16-17-8(2)7-9(3)18-16/h7H,5-6H2,1-4H3,(H2,19,20,22). The highest BCUT2D eigenvalue weighted by atomic mass is 16.1. The van der Waals surface area contributed by atoms with Gasteiger partial charge in [-0.15, -0.1) is 0 Å². The molecule has 7 nitrogen and oxygen atoms in total. The van der Waals surface area contributed by atoms with E-state index in [1.165, 1.54) is 4.68 Å². The highest BCUT2D eigenvalue weighted by Gasteiger charge is 2.17. The molecule has 23 heavy (non-hydrogen) atoms. The van der Waals surface area contributed by atoms with Crippen LogP contribution in [0.2, 0.25) is 0 Å². The smallest absolute Gasteiger partial charge is 0.287 e. The van der Waals surface area contributed by atoms with Crippen molar-refractivity contribution < 1.29 is 0 Å². The monoisotopic (exact) mass is 313 g/mol. The van der Waals surface area contributed by atoms with Gasteiger partial charge < -0.3 is 4.98 Å². The molecule has 3 aromatic heterocycles. The minimum Gasteiger partial charge on any atom is -0.343 e. The number of hydrogen-bond acceptors (Lipinski definition) is 4. The Labute approximate surface area is 132 Å². The summed E-state index contributed by atoms with van der Waals surface area (Å²) in [5.74, 6) is 0.242. The Balaban J connectivity index is 2.33. The first-order valence-electron chi connectivity index (χ1n) is 7.61. The van der Waals surface area contributed by atoms with E-state index in [9.17, 15) is 9.59 Å². The van der Waals surface area contributed by atoms with Crippen LogP contribution in [0.3, 0.4) is 0 Å². The van der Waals surface area contributed by atoms with Crippen LogP contribution in [0.1, 0.15) is 36.0 Å². The van der Waals surface area contributed by atoms with Gasteiger partial charge in [0.15, 0.2) is 5.43 Å². The second-order valence-corrected chi connectivity index (χ2v) is 5.76. The number of aromatic nitrogens is 5. The number of rotatable bonds is 3. The van der Waals surface area contributed by atoms with Crippen LogP contribution >= 0.6 is 0 Å². The molecular formula is C16H19N5O2. The summed E-state index contributed by atoms with van der Waals surface area (Å²) in [4.78, 5) is 37.0. The van der Waals surface area contributed by atoms with Crippen LogP contribution in [0.25, 0.3) is 17.0 Å². The van der Waals surface area contributed by atoms with Gasteiger partial charge in [-0.2, -0.15) is 4.68 Å². The lowest BCUT2D eigenvalue weighted by atomic mass is 10.1. The zero-order valence-corrected chi connectivity index (χ0v) is 13.6. The number of nitrogens with zero attached hydrogens (tertiary/aromatic N) is 3. The van der Waals surface area contributed by atoms with Gasteiger partial charge in [0, 0.05) is 22.6 Å². The van der Waals surface area contributed by atoms with Crippen molar-refractivity contribution in [2.45, 2.75) is 40.5 Å². The van der Waals surface area contributed by atoms with Crippen molar-refractivity contribution >= 4 is 11.0 Å². The summed E-state index contributed by atoms with van der Waals surface area (Å²) >= 11 is 0. The Hall–Kier alpha value is -2.70. The van der Waals surface area contributed by atoms with Crippen LogP contribution in [0, 0.1) is 20.8 Å². The zero-order valence-electron chi connectivity index (χ0n) is 13.6. The molecule has 0 aliphatic rings. The molecule has 0 aromatic carbocycles. The van der Waals surface area contributed by atoms with Gasteiger partial charge >= 0.3 is 0 Å². The van der Waals surface area contributed by atoms with Crippen LogP contribution in [0.4, 0.5) is 0 Å². The lowest BCUT2D eigenvalue weighted by Crippen LogP contribution is -2.22. The fraction of sp³-hybridized carbons (Fsp3) is 0.375. The Bertz CT molecular complexity index is 989. The molecule has 3 heterocycles. The van der Waals surface area contributed by atoms with Crippen molar-refractivity contribution in [2.75, 3.05) is 0 Å². The average Bonchev–Trinajstić information content (AvgIpc) is 2.79. The lowest BCUT2D eigenvalue weighted by molar-refractivity contribution is 0.777. The minimum absolute atomic E-state index is 0.127. The Kier molecular flexibility index (Phi) is 3.63. The average molecular weight is 313 g/mol. The molecule has 0 atom stereocenters. The van der Waals surface area contributed by atoms with Gasteiger partial charge in [0.2, 0.25) is 0 Å². The molecule has 0 saturated carbocycles. The maximum Gasteiger partial charge on any atom is 0.287 e. The summed E-state index contributed by atoms with van der Waals surface area (Å²) in [6, 6.07) is 1.83. The molecule has 3 aromatic rings. The summed E-state index contributed by atoms with van der Waals surface area (Å²) in [5, 5.41) is 3.04. The van der Waals surface area contributed by atoms with E-state index >= 15 is 0 Å². The maximum atomic E-state index is 12.7. The quantitative estimate of drug-likeness (QED) is 0.768. The van der Waals surface area contributed by atoms with Gasteiger partial charge in [-0.05, 0) is 33.3 Å². The van der Waals surface area contributed by atoms with E-state index in [1.807, 2.05) is 33.8 Å². The van der Waals surface area contributed by atoms with Crippen LogP contribution in [0.15, 0.2) is 15.7 Å². The molecule has 0 aliphatic heterocycles. The Morgan fingerprint density at radius 3 is 2.39 bits per heavy atom. The number of nitrogens with one attached hydrogen (secondary N) is 2. The van der Waals surface area contributed by atoms with Gasteiger partial charge in [0.1, 0.15) is 11.0 Å². The first-order valence-corrected chi connectivity index (χ1v) is 7.61. The van der Waals surface area contributed by atoms with E-state index in [2.05, 4.69) is 20.1 Å². The number of pyridine rings is 1. The van der Waals surface area contributed by atoms with E-state index in [4.69, 9.17) is 0 Å². The predicted molar refractivity (Wildman–Crippen MR) is 88.3 cm³/mol. The molecule has 3 rings (SSSR count). The number of H-pyrrole nitrogens is 2. The van der Waals surface area contributed by atoms with Crippen LogP contribution in [-0.4, -0.2) is 24.7 Å². The largest absolute Gasteiger partial charge is 0.343 e. The molecule has 0 spiro atoms. The van der Waals surface area contributed by atoms with Crippen LogP contribution in [-0.2, 0) is 6.42 Å². The normalized spacial score (nSPS) is 11.3. The molecule has 0 fully saturated rings. The third-order valence-electron chi connectivity index (χ3n) is 3.83. The molecular weight excluding hydrogens is 294 g/mol. The first kappa shape index (κ1) is 15.2. The van der Waals surface area contributed by atoms with Crippen LogP contribution < -0.4 is 11.0 Å². The molecule has 0 bridgehead atoms. The number of aromatic amines is 2. The van der Waals surface area contributed by atoms with Crippen molar-refractivity contribution in [3.8, 4) is 5.95 Å². The van der Waals surface area contributed by atoms with E-state index < -0.39 is 5.56 Å². The third-order valence-corrected chi connectivity index (χ3v) is 3.83. The van der Waals surface area contributed by atoms with E-state index in [1.54, 1.807) is 0 Å². The van der Waals surface area contributed by atoms with Gasteiger partial charge in [0.25, 0.3) is 11.5 Å². The van der Waals surface area contributed by atoms with E-state index in [0.717, 1.165) is 23.5 Å². The van der Waals surface area contributed by atoms with Crippen molar-refractivity contribution in [2.24, 2.45) is 0 Å². The summed E-state index contributed by atoms with van der Waals surface area (Å²) in [6.07, 6.45) is 1.48. The molecule has 120 valence electrons. The van der Waals surface area contributed by atoms with Gasteiger partial charge in [-0.25, -0.2) is 9.97 Å². The first-order chi connectivity index (χ1) is 10.9. The molecule has 0 amide bonds. The molecule has 0 saturated heterocycles. The SMILES string of the molecule is CCCc1c(C)[nH]c2[nH]n(-c3nc(C)cc(C)n3)c(=O)c2c1=O. The molecule has 0 unspecified atom stereocenters. The van der Waals surface area contributed by atoms with Crippen molar-refractivity contribution in [1.29, 1.82) is 0 Å². The summed E-state index contributed by atoms with van der Waals surface area (Å²) < 4.78 is 1.22. The van der Waals surface area contributed by atoms with E-state index in [-0.39, 0.29) is 16.8 Å². The fourth-order valence-electron chi connectivity index (χ4n) is 2.82. The number of aryl methyl sites for hydroxylation is 3. The highest BCUT2D eigenvalue weighted by Crippen LogP contribution is 2.10. The molecule has 2 N–H and O–H groups in total. The number of fused-ring (bicyclic) bond motifs is 1. The summed E-state index contributed by atoms with van der Waals surface area (Å²) in [7, 11) is 0.